The van der Waals surface area contributed by atoms with Crippen molar-refractivity contribution in [1.82, 2.24) is 35.3 Å². The van der Waals surface area contributed by atoms with Crippen LogP contribution in [0.4, 0.5) is 0 Å². The fourth-order valence-electron chi connectivity index (χ4n) is 3.05. The zero-order valence-corrected chi connectivity index (χ0v) is 14.4. The smallest absolute Gasteiger partial charge is 0.159 e. The minimum absolute atomic E-state index is 0.674. The van der Waals surface area contributed by atoms with Crippen molar-refractivity contribution >= 4 is 11.0 Å². The average molecular weight is 357 g/mol. The summed E-state index contributed by atoms with van der Waals surface area (Å²) < 4.78 is 5.33. The van der Waals surface area contributed by atoms with Crippen molar-refractivity contribution in [2.75, 3.05) is 7.11 Å². The van der Waals surface area contributed by atoms with E-state index >= 15 is 0 Å². The third-order valence-electron chi connectivity index (χ3n) is 4.40. The van der Waals surface area contributed by atoms with E-state index in [4.69, 9.17) is 9.72 Å². The van der Waals surface area contributed by atoms with Crippen LogP contribution in [0.2, 0.25) is 0 Å². The second kappa shape index (κ2) is 6.10. The maximum absolute atomic E-state index is 5.33. The van der Waals surface area contributed by atoms with Crippen LogP contribution in [0, 0.1) is 0 Å². The molecule has 0 atom stereocenters. The number of imidazole rings is 1. The Morgan fingerprint density at radius 1 is 1.04 bits per heavy atom. The number of fused-ring (bicyclic) bond motifs is 1. The average Bonchev–Trinajstić information content (AvgIpc) is 3.46. The number of rotatable bonds is 4. The molecule has 8 nitrogen and oxygen atoms in total. The quantitative estimate of drug-likeness (QED) is 0.457. The fraction of sp³-hybridized carbons (Fsp3) is 0.0526. The maximum atomic E-state index is 5.33. The van der Waals surface area contributed by atoms with E-state index in [-0.39, 0.29) is 0 Å². The lowest BCUT2D eigenvalue weighted by molar-refractivity contribution is 0.415. The molecule has 0 aliphatic rings. The van der Waals surface area contributed by atoms with Gasteiger partial charge in [-0.3, -0.25) is 15.2 Å². The SMILES string of the molecule is COc1cccc(-c2cncc3[nH]c(-c4cc(-c5cn[nH]c5)[nH]n4)nc23)c1. The molecule has 5 rings (SSSR count). The van der Waals surface area contributed by atoms with Crippen LogP contribution in [0.15, 0.2) is 55.1 Å². The summed E-state index contributed by atoms with van der Waals surface area (Å²) in [7, 11) is 1.65. The molecule has 5 aromatic rings. The number of methoxy groups -OCH3 is 1. The van der Waals surface area contributed by atoms with E-state index < -0.39 is 0 Å². The van der Waals surface area contributed by atoms with Gasteiger partial charge in [0.2, 0.25) is 0 Å². The van der Waals surface area contributed by atoms with Crippen LogP contribution >= 0.6 is 0 Å². The Balaban J connectivity index is 1.60. The van der Waals surface area contributed by atoms with Crippen molar-refractivity contribution in [2.24, 2.45) is 0 Å². The summed E-state index contributed by atoms with van der Waals surface area (Å²) in [6, 6.07) is 9.77. The number of hydrogen-bond acceptors (Lipinski definition) is 5. The van der Waals surface area contributed by atoms with E-state index in [1.807, 2.05) is 36.5 Å². The van der Waals surface area contributed by atoms with Crippen LogP contribution < -0.4 is 4.74 Å². The molecule has 0 aliphatic carbocycles. The van der Waals surface area contributed by atoms with Gasteiger partial charge in [-0.1, -0.05) is 12.1 Å². The third kappa shape index (κ3) is 2.63. The Kier molecular flexibility index (Phi) is 3.46. The van der Waals surface area contributed by atoms with Crippen molar-refractivity contribution in [1.29, 1.82) is 0 Å². The minimum Gasteiger partial charge on any atom is -0.497 e. The summed E-state index contributed by atoms with van der Waals surface area (Å²) in [5.41, 5.74) is 6.12. The molecule has 0 saturated heterocycles. The van der Waals surface area contributed by atoms with Crippen LogP contribution in [0.3, 0.4) is 0 Å². The van der Waals surface area contributed by atoms with Gasteiger partial charge in [-0.05, 0) is 23.8 Å². The van der Waals surface area contributed by atoms with Crippen molar-refractivity contribution in [3.8, 4) is 39.7 Å². The largest absolute Gasteiger partial charge is 0.497 e. The monoisotopic (exact) mass is 357 g/mol. The molecular formula is C19H15N7O. The molecular weight excluding hydrogens is 342 g/mol. The highest BCUT2D eigenvalue weighted by molar-refractivity contribution is 5.92. The summed E-state index contributed by atoms with van der Waals surface area (Å²) in [5, 5.41) is 14.1. The second-order valence-corrected chi connectivity index (χ2v) is 6.05. The van der Waals surface area contributed by atoms with Crippen LogP contribution in [0.1, 0.15) is 0 Å². The predicted molar refractivity (Wildman–Crippen MR) is 101 cm³/mol. The summed E-state index contributed by atoms with van der Waals surface area (Å²) >= 11 is 0. The van der Waals surface area contributed by atoms with Crippen molar-refractivity contribution in [2.45, 2.75) is 0 Å². The number of pyridine rings is 1. The Morgan fingerprint density at radius 3 is 2.85 bits per heavy atom. The molecule has 0 saturated carbocycles. The van der Waals surface area contributed by atoms with Gasteiger partial charge in [0, 0.05) is 23.5 Å². The first-order valence-electron chi connectivity index (χ1n) is 8.35. The molecule has 4 heterocycles. The first kappa shape index (κ1) is 15.3. The highest BCUT2D eigenvalue weighted by Gasteiger charge is 2.14. The first-order chi connectivity index (χ1) is 13.3. The number of hydrogen-bond donors (Lipinski definition) is 3. The van der Waals surface area contributed by atoms with Crippen LogP contribution in [-0.2, 0) is 0 Å². The molecule has 3 N–H and O–H groups in total. The molecule has 4 aromatic heterocycles. The van der Waals surface area contributed by atoms with E-state index in [1.165, 1.54) is 0 Å². The molecule has 0 aliphatic heterocycles. The van der Waals surface area contributed by atoms with E-state index in [1.54, 1.807) is 25.7 Å². The topological polar surface area (TPSA) is 108 Å². The summed E-state index contributed by atoms with van der Waals surface area (Å²) in [6.45, 7) is 0. The highest BCUT2D eigenvalue weighted by Crippen LogP contribution is 2.31. The molecule has 132 valence electrons. The van der Waals surface area contributed by atoms with Gasteiger partial charge in [0.1, 0.15) is 11.4 Å². The van der Waals surface area contributed by atoms with Crippen molar-refractivity contribution in [3.63, 3.8) is 0 Å². The fourth-order valence-corrected chi connectivity index (χ4v) is 3.05. The van der Waals surface area contributed by atoms with Crippen molar-refractivity contribution in [3.05, 3.63) is 55.1 Å². The molecule has 0 unspecified atom stereocenters. The van der Waals surface area contributed by atoms with Gasteiger partial charge >= 0.3 is 0 Å². The van der Waals surface area contributed by atoms with Gasteiger partial charge in [-0.25, -0.2) is 4.98 Å². The van der Waals surface area contributed by atoms with Gasteiger partial charge in [-0.2, -0.15) is 10.2 Å². The maximum Gasteiger partial charge on any atom is 0.159 e. The first-order valence-corrected chi connectivity index (χ1v) is 8.35. The minimum atomic E-state index is 0.674. The number of nitrogens with zero attached hydrogens (tertiary/aromatic N) is 4. The van der Waals surface area contributed by atoms with E-state index in [9.17, 15) is 0 Å². The number of ether oxygens (including phenoxy) is 1. The molecule has 1 aromatic carbocycles. The zero-order chi connectivity index (χ0) is 18.2. The summed E-state index contributed by atoms with van der Waals surface area (Å²) in [5.74, 6) is 1.46. The molecule has 27 heavy (non-hydrogen) atoms. The number of aromatic amines is 3. The Labute approximate surface area is 153 Å². The number of H-pyrrole nitrogens is 3. The number of aromatic nitrogens is 7. The zero-order valence-electron chi connectivity index (χ0n) is 14.4. The van der Waals surface area contributed by atoms with Gasteiger partial charge in [0.15, 0.2) is 5.82 Å². The number of benzene rings is 1. The second-order valence-electron chi connectivity index (χ2n) is 6.05. The van der Waals surface area contributed by atoms with Gasteiger partial charge in [0.25, 0.3) is 0 Å². The Bertz CT molecular complexity index is 1220. The van der Waals surface area contributed by atoms with Crippen LogP contribution in [0.25, 0.3) is 44.9 Å². The molecule has 8 heteroatoms. The van der Waals surface area contributed by atoms with Crippen LogP contribution in [0.5, 0.6) is 5.75 Å². The molecule has 0 amide bonds. The molecule has 0 radical (unpaired) electrons. The van der Waals surface area contributed by atoms with Gasteiger partial charge < -0.3 is 9.72 Å². The van der Waals surface area contributed by atoms with Crippen molar-refractivity contribution < 1.29 is 4.74 Å². The third-order valence-corrected chi connectivity index (χ3v) is 4.40. The lowest BCUT2D eigenvalue weighted by Gasteiger charge is -2.04. The lowest BCUT2D eigenvalue weighted by Crippen LogP contribution is -1.86. The summed E-state index contributed by atoms with van der Waals surface area (Å²) in [6.07, 6.45) is 7.11. The molecule has 0 fully saturated rings. The van der Waals surface area contributed by atoms with Gasteiger partial charge in [-0.15, -0.1) is 0 Å². The van der Waals surface area contributed by atoms with E-state index in [0.29, 0.717) is 5.82 Å². The van der Waals surface area contributed by atoms with E-state index in [0.717, 1.165) is 44.9 Å². The Hall–Kier alpha value is -3.94. The summed E-state index contributed by atoms with van der Waals surface area (Å²) in [4.78, 5) is 12.4. The Morgan fingerprint density at radius 2 is 2.00 bits per heavy atom. The standard InChI is InChI=1S/C19H15N7O/c1-27-13-4-2-3-11(5-13)14-9-20-10-17-18(14)24-19(23-17)16-6-15(25-26-16)12-7-21-22-8-12/h2-10H,1H3,(H,21,22)(H,23,24)(H,25,26). The molecule has 0 spiro atoms. The normalized spacial score (nSPS) is 11.1. The number of nitrogens with one attached hydrogen (secondary N) is 3. The predicted octanol–water partition coefficient (Wildman–Crippen LogP) is 3.41. The highest BCUT2D eigenvalue weighted by atomic mass is 16.5. The van der Waals surface area contributed by atoms with Crippen LogP contribution in [-0.4, -0.2) is 42.5 Å². The van der Waals surface area contributed by atoms with Gasteiger partial charge in [0.05, 0.1) is 36.2 Å². The molecule has 0 bridgehead atoms. The van der Waals surface area contributed by atoms with E-state index in [2.05, 4.69) is 30.4 Å². The lowest BCUT2D eigenvalue weighted by atomic mass is 10.1.